The van der Waals surface area contributed by atoms with Crippen LogP contribution in [0, 0.1) is 11.8 Å². The monoisotopic (exact) mass is 179 g/mol. The summed E-state index contributed by atoms with van der Waals surface area (Å²) in [6.07, 6.45) is 12.0. The minimum Gasteiger partial charge on any atom is -0.311 e. The predicted molar refractivity (Wildman–Crippen MR) is 54.6 cm³/mol. The number of piperidine rings is 1. The van der Waals surface area contributed by atoms with Crippen molar-refractivity contribution in [3.63, 3.8) is 0 Å². The quantitative estimate of drug-likeness (QED) is 0.603. The van der Waals surface area contributed by atoms with Crippen LogP contribution in [0.1, 0.15) is 51.4 Å². The van der Waals surface area contributed by atoms with Gasteiger partial charge in [-0.1, -0.05) is 19.3 Å². The second-order valence-corrected chi connectivity index (χ2v) is 5.35. The van der Waals surface area contributed by atoms with Crippen molar-refractivity contribution >= 4 is 0 Å². The maximum atomic E-state index is 3.92. The molecule has 1 heterocycles. The molecule has 74 valence electrons. The number of hydrogen-bond acceptors (Lipinski definition) is 1. The fourth-order valence-corrected chi connectivity index (χ4v) is 3.91. The van der Waals surface area contributed by atoms with Gasteiger partial charge in [-0.15, -0.1) is 0 Å². The molecule has 4 unspecified atom stereocenters. The third kappa shape index (κ3) is 1.41. The molecule has 1 saturated heterocycles. The van der Waals surface area contributed by atoms with Crippen LogP contribution in [0.25, 0.3) is 0 Å². The maximum Gasteiger partial charge on any atom is 0.00981 e. The van der Waals surface area contributed by atoms with Gasteiger partial charge in [0.15, 0.2) is 0 Å². The van der Waals surface area contributed by atoms with Gasteiger partial charge in [0.2, 0.25) is 0 Å². The first-order chi connectivity index (χ1) is 6.43. The summed E-state index contributed by atoms with van der Waals surface area (Å²) in [5.74, 6) is 2.10. The van der Waals surface area contributed by atoms with Gasteiger partial charge in [-0.2, -0.15) is 0 Å². The first-order valence-electron chi connectivity index (χ1n) is 6.19. The highest BCUT2D eigenvalue weighted by molar-refractivity contribution is 4.96. The summed E-state index contributed by atoms with van der Waals surface area (Å²) in [6.45, 7) is 0. The van der Waals surface area contributed by atoms with Crippen LogP contribution in [0.2, 0.25) is 0 Å². The van der Waals surface area contributed by atoms with Crippen LogP contribution >= 0.6 is 0 Å². The SMILES string of the molecule is C1CCC2NC3CCCC3CC2C1. The molecule has 0 radical (unpaired) electrons. The molecule has 3 rings (SSSR count). The molecule has 4 atom stereocenters. The largest absolute Gasteiger partial charge is 0.311 e. The third-order valence-corrected chi connectivity index (χ3v) is 4.60. The number of rotatable bonds is 0. The summed E-state index contributed by atoms with van der Waals surface area (Å²) in [4.78, 5) is 0. The van der Waals surface area contributed by atoms with E-state index in [1.54, 1.807) is 6.42 Å². The van der Waals surface area contributed by atoms with Crippen LogP contribution in [-0.2, 0) is 0 Å². The van der Waals surface area contributed by atoms with Gasteiger partial charge in [0, 0.05) is 12.1 Å². The fourth-order valence-electron chi connectivity index (χ4n) is 3.91. The van der Waals surface area contributed by atoms with Gasteiger partial charge >= 0.3 is 0 Å². The lowest BCUT2D eigenvalue weighted by Crippen LogP contribution is -2.51. The van der Waals surface area contributed by atoms with Gasteiger partial charge in [-0.05, 0) is 43.9 Å². The second-order valence-electron chi connectivity index (χ2n) is 5.35. The van der Waals surface area contributed by atoms with Crippen molar-refractivity contribution < 1.29 is 0 Å². The van der Waals surface area contributed by atoms with E-state index in [4.69, 9.17) is 0 Å². The zero-order chi connectivity index (χ0) is 8.67. The van der Waals surface area contributed by atoms with E-state index in [1.165, 1.54) is 44.9 Å². The Morgan fingerprint density at radius 3 is 2.15 bits per heavy atom. The van der Waals surface area contributed by atoms with Gasteiger partial charge in [0.05, 0.1) is 0 Å². The Hall–Kier alpha value is -0.0400. The van der Waals surface area contributed by atoms with Crippen LogP contribution in [0.5, 0.6) is 0 Å². The Kier molecular flexibility index (Phi) is 2.08. The first-order valence-corrected chi connectivity index (χ1v) is 6.19. The molecule has 3 fully saturated rings. The topological polar surface area (TPSA) is 12.0 Å². The van der Waals surface area contributed by atoms with Crippen LogP contribution in [0.15, 0.2) is 0 Å². The van der Waals surface area contributed by atoms with Crippen LogP contribution in [0.3, 0.4) is 0 Å². The first kappa shape index (κ1) is 8.28. The highest BCUT2D eigenvalue weighted by atomic mass is 15.0. The van der Waals surface area contributed by atoms with Crippen molar-refractivity contribution in [2.24, 2.45) is 11.8 Å². The smallest absolute Gasteiger partial charge is 0.00981 e. The molecule has 0 aromatic rings. The summed E-state index contributed by atoms with van der Waals surface area (Å²) in [5, 5.41) is 3.92. The fraction of sp³-hybridized carbons (Fsp3) is 1.00. The van der Waals surface area contributed by atoms with Crippen molar-refractivity contribution in [1.29, 1.82) is 0 Å². The van der Waals surface area contributed by atoms with Crippen molar-refractivity contribution in [3.8, 4) is 0 Å². The van der Waals surface area contributed by atoms with Crippen LogP contribution < -0.4 is 5.32 Å². The third-order valence-electron chi connectivity index (χ3n) is 4.60. The van der Waals surface area contributed by atoms with Crippen molar-refractivity contribution in [3.05, 3.63) is 0 Å². The Morgan fingerprint density at radius 1 is 0.692 bits per heavy atom. The zero-order valence-corrected chi connectivity index (χ0v) is 8.47. The van der Waals surface area contributed by atoms with Gasteiger partial charge < -0.3 is 5.32 Å². The molecule has 2 saturated carbocycles. The molecule has 2 aliphatic carbocycles. The molecule has 0 amide bonds. The van der Waals surface area contributed by atoms with Crippen LogP contribution in [-0.4, -0.2) is 12.1 Å². The Bertz CT molecular complexity index is 170. The lowest BCUT2D eigenvalue weighted by atomic mass is 9.74. The summed E-state index contributed by atoms with van der Waals surface area (Å²) in [7, 11) is 0. The number of fused-ring (bicyclic) bond motifs is 2. The van der Waals surface area contributed by atoms with Crippen molar-refractivity contribution in [2.45, 2.75) is 63.5 Å². The summed E-state index contributed by atoms with van der Waals surface area (Å²) < 4.78 is 0. The number of hydrogen-bond donors (Lipinski definition) is 1. The molecule has 1 nitrogen and oxygen atoms in total. The molecule has 0 aromatic carbocycles. The molecule has 0 aromatic heterocycles. The number of nitrogens with one attached hydrogen (secondary N) is 1. The van der Waals surface area contributed by atoms with Gasteiger partial charge in [-0.3, -0.25) is 0 Å². The van der Waals surface area contributed by atoms with E-state index in [-0.39, 0.29) is 0 Å². The highest BCUT2D eigenvalue weighted by Gasteiger charge is 2.39. The molecule has 0 spiro atoms. The van der Waals surface area contributed by atoms with E-state index < -0.39 is 0 Å². The van der Waals surface area contributed by atoms with Gasteiger partial charge in [-0.25, -0.2) is 0 Å². The molecular weight excluding hydrogens is 158 g/mol. The molecular formula is C12H21N. The van der Waals surface area contributed by atoms with Crippen molar-refractivity contribution in [2.75, 3.05) is 0 Å². The molecule has 3 aliphatic rings. The molecule has 1 N–H and O–H groups in total. The highest BCUT2D eigenvalue weighted by Crippen LogP contribution is 2.41. The van der Waals surface area contributed by atoms with E-state index >= 15 is 0 Å². The van der Waals surface area contributed by atoms with Crippen LogP contribution in [0.4, 0.5) is 0 Å². The summed E-state index contributed by atoms with van der Waals surface area (Å²) >= 11 is 0. The average molecular weight is 179 g/mol. The lowest BCUT2D eigenvalue weighted by molar-refractivity contribution is 0.139. The Labute approximate surface area is 81.3 Å². The molecule has 13 heavy (non-hydrogen) atoms. The lowest BCUT2D eigenvalue weighted by Gasteiger charge is -2.42. The zero-order valence-electron chi connectivity index (χ0n) is 8.47. The molecule has 1 aliphatic heterocycles. The minimum atomic E-state index is 0.910. The minimum absolute atomic E-state index is 0.910. The van der Waals surface area contributed by atoms with Crippen molar-refractivity contribution in [1.82, 2.24) is 5.32 Å². The predicted octanol–water partition coefficient (Wildman–Crippen LogP) is 2.71. The van der Waals surface area contributed by atoms with E-state index in [2.05, 4.69) is 5.32 Å². The standard InChI is InChI=1S/C12H21N/c1-2-6-11-9(4-1)8-10-5-3-7-12(10)13-11/h9-13H,1-8H2. The average Bonchev–Trinajstić information content (AvgIpc) is 2.61. The molecule has 0 bridgehead atoms. The second kappa shape index (κ2) is 3.27. The summed E-state index contributed by atoms with van der Waals surface area (Å²) in [5.41, 5.74) is 0. The van der Waals surface area contributed by atoms with E-state index in [0.29, 0.717) is 0 Å². The van der Waals surface area contributed by atoms with Gasteiger partial charge in [0.1, 0.15) is 0 Å². The van der Waals surface area contributed by atoms with E-state index in [0.717, 1.165) is 23.9 Å². The summed E-state index contributed by atoms with van der Waals surface area (Å²) in [6, 6.07) is 1.83. The maximum absolute atomic E-state index is 3.92. The van der Waals surface area contributed by atoms with Gasteiger partial charge in [0.25, 0.3) is 0 Å². The van der Waals surface area contributed by atoms with E-state index in [9.17, 15) is 0 Å². The normalized spacial score (nSPS) is 49.8. The van der Waals surface area contributed by atoms with E-state index in [1.807, 2.05) is 0 Å². The molecule has 1 heteroatoms. The Morgan fingerprint density at radius 2 is 1.31 bits per heavy atom. The Balaban J connectivity index is 1.71.